The normalized spacial score (nSPS) is 20.1. The Balaban J connectivity index is 1.69. The predicted molar refractivity (Wildman–Crippen MR) is 95.3 cm³/mol. The van der Waals surface area contributed by atoms with Gasteiger partial charge in [-0.2, -0.15) is 4.68 Å². The molecule has 0 radical (unpaired) electrons. The largest absolute Gasteiger partial charge is 0.327 e. The molecule has 0 spiro atoms. The second-order valence-corrected chi connectivity index (χ2v) is 7.44. The number of aromatic nitrogens is 4. The van der Waals surface area contributed by atoms with Gasteiger partial charge in [0.25, 0.3) is 0 Å². The van der Waals surface area contributed by atoms with Crippen LogP contribution in [0.25, 0.3) is 5.69 Å². The maximum absolute atomic E-state index is 14.1. The first kappa shape index (κ1) is 18.4. The fourth-order valence-electron chi connectivity index (χ4n) is 3.22. The molecule has 1 fully saturated rings. The van der Waals surface area contributed by atoms with Crippen LogP contribution in [-0.2, 0) is 4.79 Å². The molecule has 1 aliphatic heterocycles. The number of hydrogen-bond acceptors (Lipinski definition) is 6. The lowest BCUT2D eigenvalue weighted by molar-refractivity contribution is -0.118. The van der Waals surface area contributed by atoms with Gasteiger partial charge < -0.3 is 11.1 Å². The van der Waals surface area contributed by atoms with Gasteiger partial charge in [0.1, 0.15) is 5.82 Å². The highest BCUT2D eigenvalue weighted by atomic mass is 19.1. The number of halogens is 1. The zero-order valence-corrected chi connectivity index (χ0v) is 15.2. The number of carbonyl (C=O) groups is 1. The SMILES string of the molecule is Cc1nnnn1-c1ccc(F)c(NC(=O)CN2CCC(N)C(C)(C)C2)c1. The van der Waals surface area contributed by atoms with Crippen LogP contribution in [0.2, 0.25) is 0 Å². The Kier molecular flexibility index (Phi) is 5.01. The zero-order valence-electron chi connectivity index (χ0n) is 15.2. The number of anilines is 1. The minimum absolute atomic E-state index is 0.0543. The quantitative estimate of drug-likeness (QED) is 0.846. The van der Waals surface area contributed by atoms with Crippen molar-refractivity contribution in [1.82, 2.24) is 25.1 Å². The monoisotopic (exact) mass is 361 g/mol. The van der Waals surface area contributed by atoms with E-state index >= 15 is 0 Å². The van der Waals surface area contributed by atoms with Crippen molar-refractivity contribution in [1.29, 1.82) is 0 Å². The minimum Gasteiger partial charge on any atom is -0.327 e. The first-order valence-corrected chi connectivity index (χ1v) is 8.59. The maximum atomic E-state index is 14.1. The number of piperidine rings is 1. The van der Waals surface area contributed by atoms with Gasteiger partial charge in [-0.05, 0) is 47.4 Å². The minimum atomic E-state index is -0.506. The molecule has 140 valence electrons. The summed E-state index contributed by atoms with van der Waals surface area (Å²) in [5.41, 5.74) is 6.76. The molecule has 1 saturated heterocycles. The van der Waals surface area contributed by atoms with Crippen LogP contribution in [0, 0.1) is 18.2 Å². The van der Waals surface area contributed by atoms with Gasteiger partial charge in [0, 0.05) is 19.1 Å². The molecule has 1 amide bonds. The van der Waals surface area contributed by atoms with Gasteiger partial charge in [0.05, 0.1) is 17.9 Å². The van der Waals surface area contributed by atoms with Gasteiger partial charge in [-0.25, -0.2) is 4.39 Å². The van der Waals surface area contributed by atoms with E-state index < -0.39 is 5.82 Å². The number of nitrogens with one attached hydrogen (secondary N) is 1. The van der Waals surface area contributed by atoms with Crippen LogP contribution in [0.3, 0.4) is 0 Å². The Labute approximate surface area is 151 Å². The third kappa shape index (κ3) is 3.88. The van der Waals surface area contributed by atoms with Crippen LogP contribution in [0.1, 0.15) is 26.1 Å². The molecule has 0 aliphatic carbocycles. The van der Waals surface area contributed by atoms with E-state index in [-0.39, 0.29) is 29.6 Å². The molecule has 3 rings (SSSR count). The number of rotatable bonds is 4. The Morgan fingerprint density at radius 3 is 2.88 bits per heavy atom. The van der Waals surface area contributed by atoms with E-state index in [2.05, 4.69) is 34.7 Å². The summed E-state index contributed by atoms with van der Waals surface area (Å²) in [6.45, 7) is 7.62. The number of tetrazole rings is 1. The number of nitrogens with two attached hydrogens (primary N) is 1. The molecule has 0 bridgehead atoms. The molecule has 1 aromatic heterocycles. The van der Waals surface area contributed by atoms with Gasteiger partial charge in [0.15, 0.2) is 5.82 Å². The Morgan fingerprint density at radius 1 is 1.46 bits per heavy atom. The summed E-state index contributed by atoms with van der Waals surface area (Å²) >= 11 is 0. The average Bonchev–Trinajstić information content (AvgIpc) is 2.99. The van der Waals surface area contributed by atoms with Crippen molar-refractivity contribution in [3.05, 3.63) is 29.8 Å². The number of hydrogen-bond donors (Lipinski definition) is 2. The molecule has 2 aromatic rings. The van der Waals surface area contributed by atoms with E-state index in [0.29, 0.717) is 11.5 Å². The Bertz CT molecular complexity index is 804. The summed E-state index contributed by atoms with van der Waals surface area (Å²) in [5.74, 6) is -0.199. The van der Waals surface area contributed by atoms with E-state index in [1.807, 2.05) is 4.90 Å². The fourth-order valence-corrected chi connectivity index (χ4v) is 3.22. The number of amides is 1. The number of aryl methyl sites for hydroxylation is 1. The molecule has 1 atom stereocenters. The molecule has 1 aromatic carbocycles. The van der Waals surface area contributed by atoms with Crippen molar-refractivity contribution in [2.24, 2.45) is 11.1 Å². The Morgan fingerprint density at radius 2 is 2.23 bits per heavy atom. The summed E-state index contributed by atoms with van der Waals surface area (Å²) in [6, 6.07) is 4.49. The lowest BCUT2D eigenvalue weighted by Gasteiger charge is -2.42. The van der Waals surface area contributed by atoms with Crippen molar-refractivity contribution in [3.8, 4) is 5.69 Å². The van der Waals surface area contributed by atoms with Crippen LogP contribution in [0.5, 0.6) is 0 Å². The van der Waals surface area contributed by atoms with Crippen molar-refractivity contribution in [2.45, 2.75) is 33.2 Å². The highest BCUT2D eigenvalue weighted by Gasteiger charge is 2.33. The summed E-state index contributed by atoms with van der Waals surface area (Å²) < 4.78 is 15.6. The van der Waals surface area contributed by atoms with Crippen LogP contribution < -0.4 is 11.1 Å². The van der Waals surface area contributed by atoms with Crippen LogP contribution in [-0.4, -0.2) is 56.7 Å². The number of nitrogens with zero attached hydrogens (tertiary/aromatic N) is 5. The van der Waals surface area contributed by atoms with Gasteiger partial charge in [0.2, 0.25) is 5.91 Å². The standard InChI is InChI=1S/C17H24FN7O/c1-11-21-22-23-25(11)12-4-5-13(18)14(8-12)20-16(26)9-24-7-6-15(19)17(2,3)10-24/h4-5,8,15H,6-7,9-10,19H2,1-3H3,(H,20,26). The number of benzene rings is 1. The van der Waals surface area contributed by atoms with Gasteiger partial charge in [-0.1, -0.05) is 13.8 Å². The molecule has 2 heterocycles. The second kappa shape index (κ2) is 7.08. The smallest absolute Gasteiger partial charge is 0.238 e. The lowest BCUT2D eigenvalue weighted by Crippen LogP contribution is -2.53. The zero-order chi connectivity index (χ0) is 18.9. The first-order chi connectivity index (χ1) is 12.3. The van der Waals surface area contributed by atoms with E-state index in [1.165, 1.54) is 16.8 Å². The molecule has 26 heavy (non-hydrogen) atoms. The van der Waals surface area contributed by atoms with Crippen LogP contribution in [0.4, 0.5) is 10.1 Å². The summed E-state index contributed by atoms with van der Waals surface area (Å²) in [6.07, 6.45) is 0.836. The highest BCUT2D eigenvalue weighted by Crippen LogP contribution is 2.27. The molecule has 3 N–H and O–H groups in total. The van der Waals surface area contributed by atoms with Crippen LogP contribution in [0.15, 0.2) is 18.2 Å². The molecular weight excluding hydrogens is 337 g/mol. The van der Waals surface area contributed by atoms with Gasteiger partial charge in [-0.3, -0.25) is 9.69 Å². The number of likely N-dealkylation sites (tertiary alicyclic amines) is 1. The van der Waals surface area contributed by atoms with E-state index in [1.54, 1.807) is 13.0 Å². The predicted octanol–water partition coefficient (Wildman–Crippen LogP) is 1.11. The van der Waals surface area contributed by atoms with Crippen molar-refractivity contribution in [2.75, 3.05) is 25.0 Å². The summed E-state index contributed by atoms with van der Waals surface area (Å²) in [7, 11) is 0. The fraction of sp³-hybridized carbons (Fsp3) is 0.529. The Hall–Kier alpha value is -2.39. The number of carbonyl (C=O) groups excluding carboxylic acids is 1. The third-order valence-electron chi connectivity index (χ3n) is 4.85. The van der Waals surface area contributed by atoms with Gasteiger partial charge >= 0.3 is 0 Å². The van der Waals surface area contributed by atoms with Crippen molar-refractivity contribution >= 4 is 11.6 Å². The average molecular weight is 361 g/mol. The summed E-state index contributed by atoms with van der Waals surface area (Å²) in [5, 5.41) is 13.9. The highest BCUT2D eigenvalue weighted by molar-refractivity contribution is 5.92. The van der Waals surface area contributed by atoms with E-state index in [9.17, 15) is 9.18 Å². The maximum Gasteiger partial charge on any atom is 0.238 e. The molecule has 8 nitrogen and oxygen atoms in total. The molecule has 0 saturated carbocycles. The van der Waals surface area contributed by atoms with E-state index in [0.717, 1.165) is 19.5 Å². The molecule has 1 unspecified atom stereocenters. The molecular formula is C17H24FN7O. The van der Waals surface area contributed by atoms with Gasteiger partial charge in [-0.15, -0.1) is 5.10 Å². The summed E-state index contributed by atoms with van der Waals surface area (Å²) in [4.78, 5) is 14.4. The topological polar surface area (TPSA) is 102 Å². The molecule has 9 heteroatoms. The second-order valence-electron chi connectivity index (χ2n) is 7.44. The van der Waals surface area contributed by atoms with Crippen molar-refractivity contribution in [3.63, 3.8) is 0 Å². The lowest BCUT2D eigenvalue weighted by atomic mass is 9.80. The molecule has 1 aliphatic rings. The first-order valence-electron chi connectivity index (χ1n) is 8.59. The van der Waals surface area contributed by atoms with E-state index in [4.69, 9.17) is 5.73 Å². The van der Waals surface area contributed by atoms with Crippen LogP contribution >= 0.6 is 0 Å². The third-order valence-corrected chi connectivity index (χ3v) is 4.85. The van der Waals surface area contributed by atoms with Crippen molar-refractivity contribution < 1.29 is 9.18 Å².